The molecule has 2 aromatic carbocycles. The first-order chi connectivity index (χ1) is 14.5. The van der Waals surface area contributed by atoms with E-state index in [0.29, 0.717) is 12.1 Å². The van der Waals surface area contributed by atoms with Crippen molar-refractivity contribution in [3.05, 3.63) is 81.1 Å². The number of halogens is 1. The van der Waals surface area contributed by atoms with E-state index >= 15 is 0 Å². The van der Waals surface area contributed by atoms with Gasteiger partial charge in [-0.3, -0.25) is 4.79 Å². The highest BCUT2D eigenvalue weighted by Gasteiger charge is 2.21. The lowest BCUT2D eigenvalue weighted by Gasteiger charge is -2.21. The van der Waals surface area contributed by atoms with Gasteiger partial charge in [0.2, 0.25) is 0 Å². The van der Waals surface area contributed by atoms with Gasteiger partial charge in [-0.2, -0.15) is 0 Å². The highest BCUT2D eigenvalue weighted by Crippen LogP contribution is 2.30. The molecular formula is C25H27BrN2O2. The summed E-state index contributed by atoms with van der Waals surface area (Å²) < 4.78 is 8.68. The molecule has 0 radical (unpaired) electrons. The van der Waals surface area contributed by atoms with Gasteiger partial charge >= 0.3 is 0 Å². The van der Waals surface area contributed by atoms with Crippen molar-refractivity contribution in [3.63, 3.8) is 0 Å². The Kier molecular flexibility index (Phi) is 6.00. The van der Waals surface area contributed by atoms with Crippen LogP contribution in [-0.4, -0.2) is 17.6 Å². The van der Waals surface area contributed by atoms with E-state index in [0.717, 1.165) is 40.2 Å². The summed E-state index contributed by atoms with van der Waals surface area (Å²) in [5.74, 6) is 1.42. The number of nitrogens with zero attached hydrogens (tertiary/aromatic N) is 1. The van der Waals surface area contributed by atoms with Gasteiger partial charge in [-0.1, -0.05) is 22.9 Å². The summed E-state index contributed by atoms with van der Waals surface area (Å²) in [6.07, 6.45) is 3.50. The molecular weight excluding hydrogens is 440 g/mol. The van der Waals surface area contributed by atoms with Crippen LogP contribution in [0.1, 0.15) is 46.2 Å². The Morgan fingerprint density at radius 1 is 1.20 bits per heavy atom. The number of nitrogens with one attached hydrogen (secondary N) is 1. The zero-order valence-electron chi connectivity index (χ0n) is 17.7. The Labute approximate surface area is 186 Å². The molecule has 1 heterocycles. The molecule has 156 valence electrons. The zero-order chi connectivity index (χ0) is 21.3. The third-order valence-electron chi connectivity index (χ3n) is 5.89. The third kappa shape index (κ3) is 4.17. The standard InChI is InChI=1S/C25H27BrN2O2/c1-16-4-10-23-19(12-16)13-17(2)28(23)22-8-5-18(6-9-22)25(29)27-15-20-14-21(26)7-11-24(20)30-3/h5-9,11,13-14,16H,4,10,12,15H2,1-3H3,(H,27,29)/t16-/m1/s1. The number of hydrogen-bond acceptors (Lipinski definition) is 2. The number of rotatable bonds is 5. The summed E-state index contributed by atoms with van der Waals surface area (Å²) >= 11 is 3.47. The van der Waals surface area contributed by atoms with Crippen LogP contribution < -0.4 is 10.1 Å². The largest absolute Gasteiger partial charge is 0.496 e. The number of carbonyl (C=O) groups is 1. The van der Waals surface area contributed by atoms with Gasteiger partial charge in [-0.05, 0) is 86.2 Å². The average Bonchev–Trinajstić information content (AvgIpc) is 3.07. The number of amides is 1. The van der Waals surface area contributed by atoms with Crippen LogP contribution in [0.25, 0.3) is 5.69 Å². The van der Waals surface area contributed by atoms with E-state index in [-0.39, 0.29) is 5.91 Å². The van der Waals surface area contributed by atoms with Crippen molar-refractivity contribution in [1.29, 1.82) is 0 Å². The van der Waals surface area contributed by atoms with E-state index < -0.39 is 0 Å². The average molecular weight is 467 g/mol. The Hall–Kier alpha value is -2.53. The second-order valence-electron chi connectivity index (χ2n) is 8.13. The maximum absolute atomic E-state index is 12.7. The molecule has 0 aliphatic heterocycles. The summed E-state index contributed by atoms with van der Waals surface area (Å²) in [6.45, 7) is 4.90. The molecule has 1 aromatic heterocycles. The first-order valence-corrected chi connectivity index (χ1v) is 11.2. The number of ether oxygens (including phenoxy) is 1. The summed E-state index contributed by atoms with van der Waals surface area (Å²) in [6, 6.07) is 16.0. The fourth-order valence-electron chi connectivity index (χ4n) is 4.35. The summed E-state index contributed by atoms with van der Waals surface area (Å²) in [5.41, 5.74) is 6.85. The van der Waals surface area contributed by atoms with Crippen molar-refractivity contribution in [2.24, 2.45) is 5.92 Å². The van der Waals surface area contributed by atoms with Crippen molar-refractivity contribution < 1.29 is 9.53 Å². The lowest BCUT2D eigenvalue weighted by atomic mass is 9.89. The molecule has 1 N–H and O–H groups in total. The molecule has 1 amide bonds. The first kappa shape index (κ1) is 20.7. The Morgan fingerprint density at radius 2 is 1.97 bits per heavy atom. The van der Waals surface area contributed by atoms with Gasteiger partial charge in [0, 0.05) is 39.2 Å². The number of benzene rings is 2. The van der Waals surface area contributed by atoms with Gasteiger partial charge in [-0.15, -0.1) is 0 Å². The van der Waals surface area contributed by atoms with Gasteiger partial charge in [0.05, 0.1) is 7.11 Å². The Bertz CT molecular complexity index is 1070. The fourth-order valence-corrected chi connectivity index (χ4v) is 4.76. The van der Waals surface area contributed by atoms with Crippen LogP contribution in [0.5, 0.6) is 5.75 Å². The number of hydrogen-bond donors (Lipinski definition) is 1. The molecule has 0 fully saturated rings. The lowest BCUT2D eigenvalue weighted by molar-refractivity contribution is 0.0950. The molecule has 0 saturated heterocycles. The van der Waals surface area contributed by atoms with Crippen molar-refractivity contribution in [1.82, 2.24) is 9.88 Å². The molecule has 4 rings (SSSR count). The number of carbonyl (C=O) groups excluding carboxylic acids is 1. The van der Waals surface area contributed by atoms with Crippen LogP contribution in [0.3, 0.4) is 0 Å². The number of aromatic nitrogens is 1. The van der Waals surface area contributed by atoms with E-state index in [2.05, 4.69) is 45.7 Å². The molecule has 30 heavy (non-hydrogen) atoms. The smallest absolute Gasteiger partial charge is 0.251 e. The van der Waals surface area contributed by atoms with E-state index in [9.17, 15) is 4.79 Å². The maximum atomic E-state index is 12.7. The van der Waals surface area contributed by atoms with E-state index in [1.807, 2.05) is 42.5 Å². The molecule has 0 bridgehead atoms. The Balaban J connectivity index is 1.49. The van der Waals surface area contributed by atoms with Gasteiger partial charge in [-0.25, -0.2) is 0 Å². The van der Waals surface area contributed by atoms with E-state index in [4.69, 9.17) is 4.74 Å². The van der Waals surface area contributed by atoms with Crippen LogP contribution in [0, 0.1) is 12.8 Å². The molecule has 1 aliphatic carbocycles. The number of methoxy groups -OCH3 is 1. The van der Waals surface area contributed by atoms with E-state index in [1.54, 1.807) is 7.11 Å². The highest BCUT2D eigenvalue weighted by molar-refractivity contribution is 9.10. The fraction of sp³-hybridized carbons (Fsp3) is 0.320. The summed E-state index contributed by atoms with van der Waals surface area (Å²) in [7, 11) is 1.63. The minimum Gasteiger partial charge on any atom is -0.496 e. The second kappa shape index (κ2) is 8.68. The van der Waals surface area contributed by atoms with Crippen LogP contribution in [0.2, 0.25) is 0 Å². The third-order valence-corrected chi connectivity index (χ3v) is 6.38. The summed E-state index contributed by atoms with van der Waals surface area (Å²) in [4.78, 5) is 12.7. The zero-order valence-corrected chi connectivity index (χ0v) is 19.3. The normalized spacial score (nSPS) is 15.5. The molecule has 0 saturated carbocycles. The second-order valence-corrected chi connectivity index (χ2v) is 9.04. The van der Waals surface area contributed by atoms with Crippen molar-refractivity contribution >= 4 is 21.8 Å². The predicted octanol–water partition coefficient (Wildman–Crippen LogP) is 5.61. The molecule has 3 aromatic rings. The molecule has 0 spiro atoms. The van der Waals surface area contributed by atoms with Gasteiger partial charge in [0.15, 0.2) is 0 Å². The number of fused-ring (bicyclic) bond motifs is 1. The molecule has 5 heteroatoms. The van der Waals surface area contributed by atoms with Crippen LogP contribution >= 0.6 is 15.9 Å². The SMILES string of the molecule is COc1ccc(Br)cc1CNC(=O)c1ccc(-n2c(C)cc3c2CC[C@@H](C)C3)cc1. The molecule has 1 atom stereocenters. The van der Waals surface area contributed by atoms with Crippen molar-refractivity contribution in [2.45, 2.75) is 39.7 Å². The molecule has 0 unspecified atom stereocenters. The topological polar surface area (TPSA) is 43.3 Å². The minimum atomic E-state index is -0.0938. The van der Waals surface area contributed by atoms with Gasteiger partial charge in [0.1, 0.15) is 5.75 Å². The maximum Gasteiger partial charge on any atom is 0.251 e. The molecule has 4 nitrogen and oxygen atoms in total. The lowest BCUT2D eigenvalue weighted by Crippen LogP contribution is -2.23. The Morgan fingerprint density at radius 3 is 2.70 bits per heavy atom. The predicted molar refractivity (Wildman–Crippen MR) is 124 cm³/mol. The van der Waals surface area contributed by atoms with Gasteiger partial charge < -0.3 is 14.6 Å². The first-order valence-electron chi connectivity index (χ1n) is 10.4. The van der Waals surface area contributed by atoms with Crippen molar-refractivity contribution in [3.8, 4) is 11.4 Å². The highest BCUT2D eigenvalue weighted by atomic mass is 79.9. The quantitative estimate of drug-likeness (QED) is 0.530. The van der Waals surface area contributed by atoms with Crippen LogP contribution in [0.4, 0.5) is 0 Å². The monoisotopic (exact) mass is 466 g/mol. The summed E-state index contributed by atoms with van der Waals surface area (Å²) in [5, 5.41) is 2.99. The minimum absolute atomic E-state index is 0.0938. The van der Waals surface area contributed by atoms with Crippen LogP contribution in [-0.2, 0) is 19.4 Å². The van der Waals surface area contributed by atoms with Gasteiger partial charge in [0.25, 0.3) is 5.91 Å². The van der Waals surface area contributed by atoms with Crippen LogP contribution in [0.15, 0.2) is 53.0 Å². The number of aryl methyl sites for hydroxylation is 1. The van der Waals surface area contributed by atoms with E-state index in [1.165, 1.54) is 23.4 Å². The molecule has 1 aliphatic rings. The van der Waals surface area contributed by atoms with Crippen molar-refractivity contribution in [2.75, 3.05) is 7.11 Å².